The van der Waals surface area contributed by atoms with Crippen molar-refractivity contribution in [1.82, 2.24) is 9.97 Å². The average molecular weight is 240 g/mol. The maximum atomic E-state index is 9.65. The minimum absolute atomic E-state index is 0.167. The van der Waals surface area contributed by atoms with Crippen LogP contribution in [-0.4, -0.2) is 22.2 Å². The van der Waals surface area contributed by atoms with Crippen molar-refractivity contribution in [1.29, 1.82) is 0 Å². The molecule has 2 N–H and O–H groups in total. The summed E-state index contributed by atoms with van der Waals surface area (Å²) in [5.74, 6) is 0.985. The lowest BCUT2D eigenvalue weighted by atomic mass is 10.1. The first-order chi connectivity index (χ1) is 8.79. The fraction of sp³-hybridized carbons (Fsp3) is 0.0714. The molecule has 0 spiro atoms. The minimum Gasteiger partial charge on any atom is -0.504 e. The first-order valence-corrected chi connectivity index (χ1v) is 5.59. The molecule has 18 heavy (non-hydrogen) atoms. The van der Waals surface area contributed by atoms with Crippen molar-refractivity contribution >= 4 is 11.0 Å². The van der Waals surface area contributed by atoms with Crippen molar-refractivity contribution in [3.8, 4) is 22.6 Å². The number of fused-ring (bicyclic) bond motifs is 1. The molecule has 0 aliphatic heterocycles. The summed E-state index contributed by atoms with van der Waals surface area (Å²) in [7, 11) is 1.64. The molecule has 2 heterocycles. The predicted octanol–water partition coefficient (Wildman–Crippen LogP) is 2.94. The van der Waals surface area contributed by atoms with Crippen LogP contribution in [0.1, 0.15) is 0 Å². The third kappa shape index (κ3) is 1.59. The van der Waals surface area contributed by atoms with Crippen LogP contribution in [0.15, 0.2) is 42.7 Å². The van der Waals surface area contributed by atoms with Crippen LogP contribution in [0.2, 0.25) is 0 Å². The summed E-state index contributed by atoms with van der Waals surface area (Å²) < 4.78 is 5.14. The van der Waals surface area contributed by atoms with E-state index in [-0.39, 0.29) is 5.75 Å². The van der Waals surface area contributed by atoms with Crippen LogP contribution < -0.4 is 4.74 Å². The Kier molecular flexibility index (Phi) is 2.41. The summed E-state index contributed by atoms with van der Waals surface area (Å²) in [4.78, 5) is 7.19. The molecule has 0 unspecified atom stereocenters. The zero-order valence-electron chi connectivity index (χ0n) is 9.84. The minimum atomic E-state index is 0.167. The Morgan fingerprint density at radius 3 is 2.67 bits per heavy atom. The fourth-order valence-corrected chi connectivity index (χ4v) is 2.02. The van der Waals surface area contributed by atoms with Crippen LogP contribution in [0.5, 0.6) is 11.5 Å². The van der Waals surface area contributed by atoms with E-state index in [1.165, 1.54) is 0 Å². The number of ether oxygens (including phenoxy) is 1. The summed E-state index contributed by atoms with van der Waals surface area (Å²) in [5, 5.41) is 9.65. The number of nitrogens with one attached hydrogen (secondary N) is 1. The molecule has 0 aliphatic rings. The van der Waals surface area contributed by atoms with Gasteiger partial charge in [0.2, 0.25) is 0 Å². The molecule has 0 atom stereocenters. The van der Waals surface area contributed by atoms with Gasteiger partial charge in [0.25, 0.3) is 0 Å². The van der Waals surface area contributed by atoms with E-state index < -0.39 is 0 Å². The van der Waals surface area contributed by atoms with Gasteiger partial charge in [0.1, 0.15) is 11.3 Å². The molecule has 3 aromatic rings. The summed E-state index contributed by atoms with van der Waals surface area (Å²) in [6.07, 6.45) is 3.24. The van der Waals surface area contributed by atoms with Crippen molar-refractivity contribution in [3.05, 3.63) is 42.7 Å². The third-order valence-electron chi connectivity index (χ3n) is 2.95. The zero-order chi connectivity index (χ0) is 12.5. The number of hydrogen-bond acceptors (Lipinski definition) is 3. The van der Waals surface area contributed by atoms with E-state index in [0.29, 0.717) is 5.52 Å². The van der Waals surface area contributed by atoms with Crippen LogP contribution in [-0.2, 0) is 0 Å². The lowest BCUT2D eigenvalue weighted by molar-refractivity contribution is 0.415. The summed E-state index contributed by atoms with van der Waals surface area (Å²) >= 11 is 0. The second kappa shape index (κ2) is 4.07. The highest BCUT2D eigenvalue weighted by molar-refractivity contribution is 5.94. The molecule has 4 nitrogen and oxygen atoms in total. The fourth-order valence-electron chi connectivity index (χ4n) is 2.02. The highest BCUT2D eigenvalue weighted by Gasteiger charge is 2.09. The molecule has 3 rings (SSSR count). The Labute approximate surface area is 104 Å². The molecule has 4 heteroatoms. The molecule has 0 bridgehead atoms. The van der Waals surface area contributed by atoms with E-state index in [2.05, 4.69) is 9.97 Å². The van der Waals surface area contributed by atoms with Crippen molar-refractivity contribution in [2.75, 3.05) is 7.11 Å². The number of hydrogen-bond donors (Lipinski definition) is 2. The van der Waals surface area contributed by atoms with Gasteiger partial charge in [-0.1, -0.05) is 12.1 Å². The van der Waals surface area contributed by atoms with E-state index in [9.17, 15) is 5.11 Å². The maximum Gasteiger partial charge on any atom is 0.159 e. The first-order valence-electron chi connectivity index (χ1n) is 5.59. The Balaban J connectivity index is 2.18. The first kappa shape index (κ1) is 10.7. The quantitative estimate of drug-likeness (QED) is 0.724. The van der Waals surface area contributed by atoms with Crippen molar-refractivity contribution in [2.45, 2.75) is 0 Å². The molecule has 90 valence electrons. The Morgan fingerprint density at radius 1 is 1.17 bits per heavy atom. The molecule has 0 radical (unpaired) electrons. The van der Waals surface area contributed by atoms with Crippen molar-refractivity contribution in [2.24, 2.45) is 0 Å². The largest absolute Gasteiger partial charge is 0.504 e. The zero-order valence-corrected chi connectivity index (χ0v) is 9.84. The number of pyridine rings is 1. The normalized spacial score (nSPS) is 10.7. The van der Waals surface area contributed by atoms with E-state index in [4.69, 9.17) is 4.74 Å². The van der Waals surface area contributed by atoms with Gasteiger partial charge >= 0.3 is 0 Å². The highest BCUT2D eigenvalue weighted by atomic mass is 16.5. The van der Waals surface area contributed by atoms with Crippen molar-refractivity contribution < 1.29 is 9.84 Å². The van der Waals surface area contributed by atoms with Gasteiger partial charge in [-0.25, -0.2) is 0 Å². The summed E-state index contributed by atoms with van der Waals surface area (Å²) in [6, 6.07) is 9.69. The van der Waals surface area contributed by atoms with E-state index >= 15 is 0 Å². The lowest BCUT2D eigenvalue weighted by Gasteiger charge is -2.04. The lowest BCUT2D eigenvalue weighted by Crippen LogP contribution is -1.85. The molecule has 0 fully saturated rings. The third-order valence-corrected chi connectivity index (χ3v) is 2.95. The summed E-state index contributed by atoms with van der Waals surface area (Å²) in [6.45, 7) is 0. The number of aromatic nitrogens is 2. The van der Waals surface area contributed by atoms with E-state index in [0.717, 1.165) is 22.4 Å². The number of aromatic hydroxyl groups is 1. The van der Waals surface area contributed by atoms with Gasteiger partial charge in [-0.15, -0.1) is 0 Å². The Morgan fingerprint density at radius 2 is 1.94 bits per heavy atom. The van der Waals surface area contributed by atoms with E-state index in [1.807, 2.05) is 30.3 Å². The standard InChI is InChI=1S/C14H12N2O2/c1-18-10-4-2-9(3-5-10)11-6-7-15-14-12(17)8-16-13(11)14/h2-8,16-17H,1H3. The van der Waals surface area contributed by atoms with Gasteiger partial charge < -0.3 is 14.8 Å². The monoisotopic (exact) mass is 240 g/mol. The highest BCUT2D eigenvalue weighted by Crippen LogP contribution is 2.31. The van der Waals surface area contributed by atoms with Gasteiger partial charge in [0.05, 0.1) is 12.6 Å². The van der Waals surface area contributed by atoms with E-state index in [1.54, 1.807) is 19.5 Å². The topological polar surface area (TPSA) is 58.1 Å². The SMILES string of the molecule is COc1ccc(-c2ccnc3c(O)c[nH]c23)cc1. The van der Waals surface area contributed by atoms with Gasteiger partial charge in [-0.2, -0.15) is 0 Å². The van der Waals surface area contributed by atoms with Crippen LogP contribution in [0.3, 0.4) is 0 Å². The smallest absolute Gasteiger partial charge is 0.159 e. The van der Waals surface area contributed by atoms with Gasteiger partial charge in [0.15, 0.2) is 5.75 Å². The van der Waals surface area contributed by atoms with Crippen molar-refractivity contribution in [3.63, 3.8) is 0 Å². The number of H-pyrrole nitrogens is 1. The van der Waals surface area contributed by atoms with Crippen LogP contribution in [0.25, 0.3) is 22.2 Å². The number of rotatable bonds is 2. The van der Waals surface area contributed by atoms with Gasteiger partial charge in [0, 0.05) is 18.0 Å². The second-order valence-electron chi connectivity index (χ2n) is 3.98. The van der Waals surface area contributed by atoms with Gasteiger partial charge in [-0.3, -0.25) is 4.98 Å². The molecule has 1 aromatic carbocycles. The summed E-state index contributed by atoms with van der Waals surface area (Å²) in [5.41, 5.74) is 3.47. The predicted molar refractivity (Wildman–Crippen MR) is 69.7 cm³/mol. The number of methoxy groups -OCH3 is 1. The molecule has 0 aliphatic carbocycles. The molecule has 0 saturated heterocycles. The average Bonchev–Trinajstić information content (AvgIpc) is 2.81. The van der Waals surface area contributed by atoms with Crippen LogP contribution in [0.4, 0.5) is 0 Å². The van der Waals surface area contributed by atoms with Crippen LogP contribution >= 0.6 is 0 Å². The molecular formula is C14H12N2O2. The number of aromatic amines is 1. The maximum absolute atomic E-state index is 9.65. The number of nitrogens with zero attached hydrogens (tertiary/aromatic N) is 1. The Bertz CT molecular complexity index is 687. The molecule has 0 amide bonds. The van der Waals surface area contributed by atoms with Crippen LogP contribution in [0, 0.1) is 0 Å². The molecule has 2 aromatic heterocycles. The molecule has 0 saturated carbocycles. The van der Waals surface area contributed by atoms with Gasteiger partial charge in [-0.05, 0) is 23.8 Å². The second-order valence-corrected chi connectivity index (χ2v) is 3.98. The number of benzene rings is 1. The Hall–Kier alpha value is -2.49. The molecular weight excluding hydrogens is 228 g/mol.